The molecule has 1 rings (SSSR count). The summed E-state index contributed by atoms with van der Waals surface area (Å²) in [6.07, 6.45) is 0.0857. The molecule has 0 heterocycles. The molecule has 0 aliphatic heterocycles. The van der Waals surface area contributed by atoms with Crippen molar-refractivity contribution in [2.24, 2.45) is 0 Å². The Kier molecular flexibility index (Phi) is 6.84. The van der Waals surface area contributed by atoms with Gasteiger partial charge in [-0.3, -0.25) is 0 Å². The molecule has 6 heteroatoms. The third-order valence-corrected chi connectivity index (χ3v) is 7.44. The largest absolute Gasteiger partial charge is 0.508 e. The number of hydrogen-bond donors (Lipinski definition) is 1. The quantitative estimate of drug-likeness (QED) is 0.737. The van der Waals surface area contributed by atoms with Crippen molar-refractivity contribution in [3.8, 4) is 5.75 Å². The highest BCUT2D eigenvalue weighted by atomic mass is 32.9. The number of phenolic OH excluding ortho intramolecular Hbond substituents is 1. The van der Waals surface area contributed by atoms with Gasteiger partial charge in [0.1, 0.15) is 5.75 Å². The molecule has 0 amide bonds. The van der Waals surface area contributed by atoms with Gasteiger partial charge in [0.05, 0.1) is 12.2 Å². The normalized spacial score (nSPS) is 12.3. The van der Waals surface area contributed by atoms with Crippen LogP contribution in [-0.2, 0) is 26.6 Å². The van der Waals surface area contributed by atoms with E-state index < -0.39 is 5.69 Å². The summed E-state index contributed by atoms with van der Waals surface area (Å²) in [6, 6.07) is 7.16. The second-order valence-electron chi connectivity index (χ2n) is 4.70. The van der Waals surface area contributed by atoms with E-state index in [1.54, 1.807) is 12.1 Å². The molecule has 1 aromatic rings. The molecule has 0 aliphatic carbocycles. The fourth-order valence-electron chi connectivity index (χ4n) is 1.40. The summed E-state index contributed by atoms with van der Waals surface area (Å²) >= 11 is 7.07. The fourth-order valence-corrected chi connectivity index (χ4v) is 6.92. The van der Waals surface area contributed by atoms with Gasteiger partial charge in [-0.05, 0) is 57.2 Å². The van der Waals surface area contributed by atoms with Gasteiger partial charge in [0, 0.05) is 5.75 Å². The SMILES string of the molecule is CC(C)OP(=S)(OC(C)C)SCc1cccc(O)c1. The molecular weight excluding hydrogens is 299 g/mol. The van der Waals surface area contributed by atoms with E-state index in [1.165, 1.54) is 11.4 Å². The molecule has 1 N–H and O–H groups in total. The zero-order valence-corrected chi connectivity index (χ0v) is 14.2. The number of rotatable bonds is 7. The Bertz CT molecular complexity index is 435. The zero-order chi connectivity index (χ0) is 14.5. The monoisotopic (exact) mass is 320 g/mol. The van der Waals surface area contributed by atoms with Crippen molar-refractivity contribution in [1.82, 2.24) is 0 Å². The molecule has 3 nitrogen and oxygen atoms in total. The lowest BCUT2D eigenvalue weighted by atomic mass is 10.2. The minimum Gasteiger partial charge on any atom is -0.508 e. The number of phenols is 1. The van der Waals surface area contributed by atoms with E-state index in [2.05, 4.69) is 0 Å². The summed E-state index contributed by atoms with van der Waals surface area (Å²) < 4.78 is 11.6. The van der Waals surface area contributed by atoms with Gasteiger partial charge in [-0.1, -0.05) is 23.5 Å². The van der Waals surface area contributed by atoms with Crippen molar-refractivity contribution in [2.45, 2.75) is 45.7 Å². The predicted molar refractivity (Wildman–Crippen MR) is 86.1 cm³/mol. The first-order valence-corrected chi connectivity index (χ1v) is 10.4. The van der Waals surface area contributed by atoms with Crippen LogP contribution >= 0.6 is 17.1 Å². The lowest BCUT2D eigenvalue weighted by molar-refractivity contribution is 0.186. The lowest BCUT2D eigenvalue weighted by Crippen LogP contribution is -2.05. The average molecular weight is 320 g/mol. The van der Waals surface area contributed by atoms with E-state index in [9.17, 15) is 5.11 Å². The molecule has 19 heavy (non-hydrogen) atoms. The van der Waals surface area contributed by atoms with Crippen LogP contribution in [0.15, 0.2) is 24.3 Å². The van der Waals surface area contributed by atoms with Gasteiger partial charge in [0.2, 0.25) is 5.69 Å². The zero-order valence-electron chi connectivity index (χ0n) is 11.7. The topological polar surface area (TPSA) is 38.7 Å². The highest BCUT2D eigenvalue weighted by Crippen LogP contribution is 2.63. The smallest absolute Gasteiger partial charge is 0.248 e. The Morgan fingerprint density at radius 2 is 1.79 bits per heavy atom. The Morgan fingerprint density at radius 1 is 1.21 bits per heavy atom. The van der Waals surface area contributed by atoms with Gasteiger partial charge in [0.25, 0.3) is 0 Å². The fraction of sp³-hybridized carbons (Fsp3) is 0.538. The van der Waals surface area contributed by atoms with Gasteiger partial charge < -0.3 is 14.2 Å². The van der Waals surface area contributed by atoms with Crippen molar-refractivity contribution in [3.63, 3.8) is 0 Å². The highest BCUT2D eigenvalue weighted by molar-refractivity contribution is 8.67. The number of benzene rings is 1. The van der Waals surface area contributed by atoms with E-state index in [1.807, 2.05) is 39.8 Å². The van der Waals surface area contributed by atoms with E-state index in [-0.39, 0.29) is 18.0 Å². The van der Waals surface area contributed by atoms with Crippen LogP contribution in [0.1, 0.15) is 33.3 Å². The van der Waals surface area contributed by atoms with E-state index in [0.29, 0.717) is 5.75 Å². The van der Waals surface area contributed by atoms with Crippen molar-refractivity contribution >= 4 is 28.9 Å². The maximum absolute atomic E-state index is 9.44. The van der Waals surface area contributed by atoms with Crippen LogP contribution in [0.25, 0.3) is 0 Å². The van der Waals surface area contributed by atoms with Crippen LogP contribution in [-0.4, -0.2) is 17.3 Å². The Morgan fingerprint density at radius 3 is 2.26 bits per heavy atom. The summed E-state index contributed by atoms with van der Waals surface area (Å²) in [6.45, 7) is 7.83. The first-order chi connectivity index (χ1) is 8.81. The highest BCUT2D eigenvalue weighted by Gasteiger charge is 2.23. The lowest BCUT2D eigenvalue weighted by Gasteiger charge is -2.25. The van der Waals surface area contributed by atoms with Crippen LogP contribution in [0.2, 0.25) is 0 Å². The molecule has 0 saturated heterocycles. The summed E-state index contributed by atoms with van der Waals surface area (Å²) in [7, 11) is 0. The summed E-state index contributed by atoms with van der Waals surface area (Å²) in [5.74, 6) is 0.937. The number of hydrogen-bond acceptors (Lipinski definition) is 5. The third-order valence-electron chi connectivity index (χ3n) is 1.98. The van der Waals surface area contributed by atoms with Crippen molar-refractivity contribution in [1.29, 1.82) is 0 Å². The summed E-state index contributed by atoms with van der Waals surface area (Å²) in [5.41, 5.74) is -1.33. The summed E-state index contributed by atoms with van der Waals surface area (Å²) in [5, 5.41) is 9.44. The second kappa shape index (κ2) is 7.65. The molecule has 0 radical (unpaired) electrons. The first-order valence-electron chi connectivity index (χ1n) is 6.20. The van der Waals surface area contributed by atoms with Crippen LogP contribution in [0, 0.1) is 0 Å². The van der Waals surface area contributed by atoms with Crippen LogP contribution < -0.4 is 0 Å². The second-order valence-corrected chi connectivity index (χ2v) is 10.9. The van der Waals surface area contributed by atoms with Crippen LogP contribution in [0.3, 0.4) is 0 Å². The molecular formula is C13H21O3PS2. The van der Waals surface area contributed by atoms with E-state index in [4.69, 9.17) is 20.9 Å². The van der Waals surface area contributed by atoms with Gasteiger partial charge in [-0.2, -0.15) is 0 Å². The third kappa shape index (κ3) is 6.77. The molecule has 1 aromatic carbocycles. The maximum atomic E-state index is 9.44. The van der Waals surface area contributed by atoms with Crippen LogP contribution in [0.5, 0.6) is 5.75 Å². The molecule has 0 saturated carbocycles. The van der Waals surface area contributed by atoms with Gasteiger partial charge in [-0.15, -0.1) is 0 Å². The minimum absolute atomic E-state index is 0.0428. The molecule has 0 unspecified atom stereocenters. The molecule has 0 fully saturated rings. The molecule has 0 spiro atoms. The van der Waals surface area contributed by atoms with Gasteiger partial charge in [-0.25, -0.2) is 0 Å². The Hall–Kier alpha value is -0.0600. The Labute approximate surface area is 124 Å². The average Bonchev–Trinajstić information content (AvgIpc) is 2.24. The van der Waals surface area contributed by atoms with Crippen molar-refractivity contribution in [3.05, 3.63) is 29.8 Å². The standard InChI is InChI=1S/C13H21O3PS2/c1-10(2)15-17(18,16-11(3)4)19-9-12-6-5-7-13(14)8-12/h5-8,10-11,14H,9H2,1-4H3. The molecule has 108 valence electrons. The number of aromatic hydroxyl groups is 1. The van der Waals surface area contributed by atoms with Crippen LogP contribution in [0.4, 0.5) is 0 Å². The van der Waals surface area contributed by atoms with Crippen molar-refractivity contribution < 1.29 is 14.2 Å². The molecule has 0 atom stereocenters. The van der Waals surface area contributed by atoms with E-state index in [0.717, 1.165) is 5.56 Å². The summed E-state index contributed by atoms with van der Waals surface area (Å²) in [4.78, 5) is 0. The molecule has 0 bridgehead atoms. The maximum Gasteiger partial charge on any atom is 0.248 e. The van der Waals surface area contributed by atoms with Gasteiger partial charge >= 0.3 is 0 Å². The Balaban J connectivity index is 2.70. The molecule has 0 aromatic heterocycles. The predicted octanol–water partition coefficient (Wildman–Crippen LogP) is 4.70. The van der Waals surface area contributed by atoms with E-state index >= 15 is 0 Å². The first kappa shape index (κ1) is 17.0. The molecule has 0 aliphatic rings. The van der Waals surface area contributed by atoms with Crippen molar-refractivity contribution in [2.75, 3.05) is 0 Å². The van der Waals surface area contributed by atoms with Gasteiger partial charge in [0.15, 0.2) is 0 Å². The minimum atomic E-state index is -2.34.